The van der Waals surface area contributed by atoms with Crippen molar-refractivity contribution >= 4 is 11.6 Å². The molecule has 2 heterocycles. The predicted octanol–water partition coefficient (Wildman–Crippen LogP) is -3.34. The summed E-state index contributed by atoms with van der Waals surface area (Å²) in [6.07, 6.45) is -17.1. The maximum atomic E-state index is 13.6. The molecule has 2 fully saturated rings. The second-order valence-corrected chi connectivity index (χ2v) is 10.2. The Morgan fingerprint density at radius 1 is 0.714 bits per heavy atom. The summed E-state index contributed by atoms with van der Waals surface area (Å²) in [5.41, 5.74) is -0.650. The lowest BCUT2D eigenvalue weighted by atomic mass is 9.82. The van der Waals surface area contributed by atoms with E-state index in [2.05, 4.69) is 0 Å². The number of fused-ring (bicyclic) bond motifs is 2. The number of hydrogen-bond acceptors (Lipinski definition) is 15. The summed E-state index contributed by atoms with van der Waals surface area (Å²) in [5.74, 6) is -2.28. The lowest BCUT2D eigenvalue weighted by Crippen LogP contribution is -2.65. The lowest BCUT2D eigenvalue weighted by molar-refractivity contribution is -0.357. The van der Waals surface area contributed by atoms with Crippen molar-refractivity contribution in [3.63, 3.8) is 0 Å². The molecule has 0 bridgehead atoms. The van der Waals surface area contributed by atoms with Gasteiger partial charge in [-0.2, -0.15) is 0 Å². The van der Waals surface area contributed by atoms with Crippen LogP contribution in [0.2, 0.25) is 0 Å². The minimum Gasteiger partial charge on any atom is -0.507 e. The fourth-order valence-electron chi connectivity index (χ4n) is 5.27. The largest absolute Gasteiger partial charge is 0.507 e. The van der Waals surface area contributed by atoms with Crippen molar-refractivity contribution in [2.24, 2.45) is 0 Å². The molecular formula is C27H30O15. The molecule has 0 spiro atoms. The first kappa shape index (κ1) is 30.4. The fraction of sp³-hybridized carbons (Fsp3) is 0.481. The van der Waals surface area contributed by atoms with Gasteiger partial charge in [-0.15, -0.1) is 0 Å². The number of ketones is 2. The molecule has 0 saturated carbocycles. The second-order valence-electron chi connectivity index (χ2n) is 10.2. The SMILES string of the molecule is O=C1c2cc(CO)cc(O)c2C(=O)c2c(O[C@@H]3O[C@H](CO)[C@@H](O)[C@H](O)[C@H]3O[C@@H]3O[C@H](CO)[C@@H](O)[C@H](O)[C@H]3O)cccc21. The summed E-state index contributed by atoms with van der Waals surface area (Å²) in [7, 11) is 0. The van der Waals surface area contributed by atoms with Gasteiger partial charge in [0.1, 0.15) is 54.2 Å². The van der Waals surface area contributed by atoms with Crippen LogP contribution in [0.4, 0.5) is 0 Å². The topological polar surface area (TPSA) is 253 Å². The van der Waals surface area contributed by atoms with Crippen LogP contribution in [0, 0.1) is 0 Å². The number of carbonyl (C=O) groups is 2. The number of phenols is 1. The number of hydrogen-bond donors (Lipinski definition) is 9. The Labute approximate surface area is 237 Å². The first-order chi connectivity index (χ1) is 20.0. The Hall–Kier alpha value is -3.06. The van der Waals surface area contributed by atoms with Gasteiger partial charge in [0.05, 0.1) is 30.9 Å². The van der Waals surface area contributed by atoms with Gasteiger partial charge in [0, 0.05) is 11.1 Å². The molecular weight excluding hydrogens is 564 g/mol. The molecule has 2 aromatic rings. The monoisotopic (exact) mass is 594 g/mol. The summed E-state index contributed by atoms with van der Waals surface area (Å²) in [4.78, 5) is 26.9. The number of rotatable bonds is 7. The molecule has 9 N–H and O–H groups in total. The molecule has 2 saturated heterocycles. The number of aliphatic hydroxyl groups excluding tert-OH is 8. The molecule has 10 atom stereocenters. The molecule has 42 heavy (non-hydrogen) atoms. The molecule has 1 aliphatic carbocycles. The van der Waals surface area contributed by atoms with Crippen LogP contribution in [0.1, 0.15) is 37.4 Å². The maximum Gasteiger partial charge on any atom is 0.229 e. The van der Waals surface area contributed by atoms with Crippen LogP contribution in [0.15, 0.2) is 30.3 Å². The predicted molar refractivity (Wildman–Crippen MR) is 134 cm³/mol. The van der Waals surface area contributed by atoms with Crippen molar-refractivity contribution in [3.05, 3.63) is 58.1 Å². The van der Waals surface area contributed by atoms with E-state index in [4.69, 9.17) is 18.9 Å². The fourth-order valence-corrected chi connectivity index (χ4v) is 5.27. The van der Waals surface area contributed by atoms with Gasteiger partial charge >= 0.3 is 0 Å². The van der Waals surface area contributed by atoms with Crippen molar-refractivity contribution < 1.29 is 74.5 Å². The molecule has 15 heteroatoms. The lowest BCUT2D eigenvalue weighted by Gasteiger charge is -2.45. The van der Waals surface area contributed by atoms with E-state index in [1.54, 1.807) is 0 Å². The van der Waals surface area contributed by atoms with Gasteiger partial charge in [-0.25, -0.2) is 0 Å². The van der Waals surface area contributed by atoms with E-state index in [1.165, 1.54) is 24.3 Å². The summed E-state index contributed by atoms with van der Waals surface area (Å²) < 4.78 is 22.5. The van der Waals surface area contributed by atoms with E-state index in [1.807, 2.05) is 0 Å². The zero-order valence-corrected chi connectivity index (χ0v) is 21.8. The van der Waals surface area contributed by atoms with Crippen molar-refractivity contribution in [1.29, 1.82) is 0 Å². The third-order valence-electron chi connectivity index (χ3n) is 7.54. The Balaban J connectivity index is 1.50. The van der Waals surface area contributed by atoms with Crippen molar-refractivity contribution in [3.8, 4) is 11.5 Å². The van der Waals surface area contributed by atoms with E-state index in [-0.39, 0.29) is 33.6 Å². The van der Waals surface area contributed by atoms with Gasteiger partial charge in [0.2, 0.25) is 12.1 Å². The zero-order chi connectivity index (χ0) is 30.5. The van der Waals surface area contributed by atoms with Crippen LogP contribution in [0.5, 0.6) is 11.5 Å². The van der Waals surface area contributed by atoms with Gasteiger partial charge in [0.25, 0.3) is 0 Å². The Morgan fingerprint density at radius 2 is 1.36 bits per heavy atom. The molecule has 0 radical (unpaired) electrons. The van der Waals surface area contributed by atoms with Crippen LogP contribution in [0.3, 0.4) is 0 Å². The average Bonchev–Trinajstić information content (AvgIpc) is 2.98. The molecule has 15 nitrogen and oxygen atoms in total. The van der Waals surface area contributed by atoms with Crippen LogP contribution in [0.25, 0.3) is 0 Å². The summed E-state index contributed by atoms with van der Waals surface area (Å²) in [6.45, 7) is -2.05. The van der Waals surface area contributed by atoms with Gasteiger partial charge in [-0.05, 0) is 23.8 Å². The highest BCUT2D eigenvalue weighted by Gasteiger charge is 2.51. The van der Waals surface area contributed by atoms with Gasteiger partial charge in [-0.1, -0.05) is 12.1 Å². The highest BCUT2D eigenvalue weighted by Crippen LogP contribution is 2.39. The summed E-state index contributed by atoms with van der Waals surface area (Å²) in [6, 6.07) is 6.42. The number of aliphatic hydroxyl groups is 8. The second kappa shape index (κ2) is 11.9. The summed E-state index contributed by atoms with van der Waals surface area (Å²) >= 11 is 0. The molecule has 5 rings (SSSR count). The first-order valence-corrected chi connectivity index (χ1v) is 13.0. The van der Waals surface area contributed by atoms with E-state index < -0.39 is 98.5 Å². The van der Waals surface area contributed by atoms with Crippen LogP contribution < -0.4 is 4.74 Å². The van der Waals surface area contributed by atoms with Gasteiger partial charge in [-0.3, -0.25) is 9.59 Å². The molecule has 2 aliphatic heterocycles. The normalized spacial score (nSPS) is 34.6. The quantitative estimate of drug-likeness (QED) is 0.130. The average molecular weight is 595 g/mol. The number of aromatic hydroxyl groups is 1. The van der Waals surface area contributed by atoms with Gasteiger partial charge in [0.15, 0.2) is 18.2 Å². The Morgan fingerprint density at radius 3 is 2.00 bits per heavy atom. The van der Waals surface area contributed by atoms with Crippen molar-refractivity contribution in [2.45, 2.75) is 68.0 Å². The highest BCUT2D eigenvalue weighted by molar-refractivity contribution is 6.30. The standard InChI is InChI=1S/C27H30O15/c28-6-9-4-11-16(12(31)5-9)21(35)17-10(18(11)32)2-1-3-13(17)39-27-25(23(37)20(34)15(8-30)41-27)42-26-24(38)22(36)19(33)14(7-29)40-26/h1-5,14-15,19-20,22-31,33-34,36-38H,6-8H2/t14-,15-,19-,20-,22+,23+,24-,25-,26+,27-/m1/s1. The number of carbonyl (C=O) groups excluding carboxylic acids is 2. The third kappa shape index (κ3) is 5.08. The maximum absolute atomic E-state index is 13.6. The number of phenolic OH excluding ortho intramolecular Hbond substituents is 1. The smallest absolute Gasteiger partial charge is 0.229 e. The molecule has 3 aliphatic rings. The third-order valence-corrected chi connectivity index (χ3v) is 7.54. The minimum absolute atomic E-state index is 0.110. The highest BCUT2D eigenvalue weighted by atomic mass is 16.8. The minimum atomic E-state index is -1.89. The van der Waals surface area contributed by atoms with Crippen LogP contribution in [-0.4, -0.2) is 132 Å². The van der Waals surface area contributed by atoms with Crippen LogP contribution in [-0.2, 0) is 20.8 Å². The first-order valence-electron chi connectivity index (χ1n) is 13.0. The summed E-state index contributed by atoms with van der Waals surface area (Å²) in [5, 5.41) is 91.1. The van der Waals surface area contributed by atoms with Crippen molar-refractivity contribution in [1.82, 2.24) is 0 Å². The Kier molecular flexibility index (Phi) is 8.62. The molecule has 0 aromatic heterocycles. The van der Waals surface area contributed by atoms with Crippen molar-refractivity contribution in [2.75, 3.05) is 13.2 Å². The molecule has 2 aromatic carbocycles. The Bertz CT molecular complexity index is 1350. The van der Waals surface area contributed by atoms with E-state index in [0.717, 1.165) is 6.07 Å². The van der Waals surface area contributed by atoms with Gasteiger partial charge < -0.3 is 64.9 Å². The molecule has 228 valence electrons. The zero-order valence-electron chi connectivity index (χ0n) is 21.8. The molecule has 0 unspecified atom stereocenters. The number of benzene rings is 2. The van der Waals surface area contributed by atoms with Crippen LogP contribution >= 0.6 is 0 Å². The number of ether oxygens (including phenoxy) is 4. The van der Waals surface area contributed by atoms with E-state index in [9.17, 15) is 55.5 Å². The van der Waals surface area contributed by atoms with E-state index >= 15 is 0 Å². The molecule has 0 amide bonds. The van der Waals surface area contributed by atoms with E-state index in [0.29, 0.717) is 0 Å².